The quantitative estimate of drug-likeness (QED) is 0.737. The third-order valence-corrected chi connectivity index (χ3v) is 6.98. The summed E-state index contributed by atoms with van der Waals surface area (Å²) < 4.78 is 43.5. The number of alkyl halides is 3. The molecule has 0 unspecified atom stereocenters. The monoisotopic (exact) mass is 446 g/mol. The maximum Gasteiger partial charge on any atom is 0.522 e. The number of rotatable bonds is 6. The molecule has 2 amide bonds. The number of fused-ring (bicyclic) bond motifs is 1. The number of hydrogen-bond acceptors (Lipinski definition) is 5. The van der Waals surface area contributed by atoms with E-state index in [1.165, 1.54) is 4.57 Å². The summed E-state index contributed by atoms with van der Waals surface area (Å²) in [6.45, 7) is 3.75. The van der Waals surface area contributed by atoms with Crippen molar-refractivity contribution in [1.82, 2.24) is 19.4 Å². The largest absolute Gasteiger partial charge is 0.522 e. The Kier molecular flexibility index (Phi) is 4.96. The molecule has 3 heterocycles. The molecule has 0 spiro atoms. The van der Waals surface area contributed by atoms with Crippen LogP contribution in [0.2, 0.25) is 0 Å². The second kappa shape index (κ2) is 7.12. The van der Waals surface area contributed by atoms with Crippen molar-refractivity contribution in [3.63, 3.8) is 0 Å². The van der Waals surface area contributed by atoms with E-state index < -0.39 is 29.8 Å². The Hall–Kier alpha value is -2.34. The number of aromatic nitrogens is 2. The molecule has 1 N–H and O–H groups in total. The first-order chi connectivity index (χ1) is 14.0. The zero-order valence-electron chi connectivity index (χ0n) is 16.5. The lowest BCUT2D eigenvalue weighted by atomic mass is 10.2. The molecular formula is C18H21F3N4O4S. The van der Waals surface area contributed by atoms with E-state index in [0.717, 1.165) is 20.8 Å². The Labute approximate surface area is 172 Å². The third kappa shape index (κ3) is 3.62. The van der Waals surface area contributed by atoms with Crippen LogP contribution in [0.4, 0.5) is 18.0 Å². The highest BCUT2D eigenvalue weighted by atomic mass is 32.1. The first-order valence-electron chi connectivity index (χ1n) is 9.53. The summed E-state index contributed by atoms with van der Waals surface area (Å²) in [7, 11) is 0. The van der Waals surface area contributed by atoms with E-state index in [1.54, 1.807) is 18.7 Å². The van der Waals surface area contributed by atoms with E-state index in [2.05, 4.69) is 10.1 Å². The van der Waals surface area contributed by atoms with Gasteiger partial charge in [0.1, 0.15) is 4.83 Å². The van der Waals surface area contributed by atoms with Crippen LogP contribution in [0.15, 0.2) is 9.59 Å². The van der Waals surface area contributed by atoms with Crippen molar-refractivity contribution in [3.05, 3.63) is 31.3 Å². The van der Waals surface area contributed by atoms with Gasteiger partial charge < -0.3 is 10.2 Å². The van der Waals surface area contributed by atoms with E-state index in [4.69, 9.17) is 0 Å². The van der Waals surface area contributed by atoms with Gasteiger partial charge in [-0.15, -0.1) is 24.5 Å². The predicted molar refractivity (Wildman–Crippen MR) is 104 cm³/mol. The Morgan fingerprint density at radius 2 is 1.93 bits per heavy atom. The van der Waals surface area contributed by atoms with Crippen molar-refractivity contribution >= 4 is 27.6 Å². The SMILES string of the molecule is Cc1c(CN2CCNC2=O)sc2c1c(=O)n(C1(C)CC1)c(=O)n2CCOC(F)(F)F. The first kappa shape index (κ1) is 20.9. The molecule has 30 heavy (non-hydrogen) atoms. The fourth-order valence-electron chi connectivity index (χ4n) is 3.71. The highest BCUT2D eigenvalue weighted by molar-refractivity contribution is 7.18. The molecule has 0 aromatic carbocycles. The summed E-state index contributed by atoms with van der Waals surface area (Å²) in [5.41, 5.74) is -1.06. The van der Waals surface area contributed by atoms with E-state index in [0.29, 0.717) is 41.7 Å². The molecule has 1 aliphatic heterocycles. The average Bonchev–Trinajstić information content (AvgIpc) is 3.10. The second-order valence-corrected chi connectivity index (χ2v) is 8.93. The summed E-state index contributed by atoms with van der Waals surface area (Å²) in [4.78, 5) is 40.8. The number of carbonyl (C=O) groups excluding carboxylic acids is 1. The second-order valence-electron chi connectivity index (χ2n) is 7.85. The molecular weight excluding hydrogens is 425 g/mol. The van der Waals surface area contributed by atoms with Crippen LogP contribution < -0.4 is 16.6 Å². The number of aryl methyl sites for hydroxylation is 1. The molecule has 0 atom stereocenters. The van der Waals surface area contributed by atoms with Gasteiger partial charge in [-0.2, -0.15) is 0 Å². The van der Waals surface area contributed by atoms with Crippen LogP contribution >= 0.6 is 11.3 Å². The Bertz CT molecular complexity index is 1130. The fourth-order valence-corrected chi connectivity index (χ4v) is 5.04. The van der Waals surface area contributed by atoms with Crippen molar-refractivity contribution in [2.75, 3.05) is 19.7 Å². The molecule has 0 bridgehead atoms. The van der Waals surface area contributed by atoms with Gasteiger partial charge in [-0.1, -0.05) is 0 Å². The van der Waals surface area contributed by atoms with Gasteiger partial charge in [-0.3, -0.25) is 18.7 Å². The van der Waals surface area contributed by atoms with Crippen molar-refractivity contribution in [1.29, 1.82) is 0 Å². The minimum Gasteiger partial charge on any atom is -0.336 e. The van der Waals surface area contributed by atoms with Gasteiger partial charge in [0.25, 0.3) is 5.56 Å². The van der Waals surface area contributed by atoms with Gasteiger partial charge in [0, 0.05) is 18.0 Å². The standard InChI is InChI=1S/C18H21F3N4O4S/c1-10-11(9-23-6-5-22-15(23)27)30-14-12(10)13(26)25(17(2)3-4-17)16(28)24(14)7-8-29-18(19,20)21/h3-9H2,1-2H3,(H,22,27). The molecule has 1 saturated heterocycles. The van der Waals surface area contributed by atoms with Crippen LogP contribution in [-0.4, -0.2) is 46.1 Å². The maximum absolute atomic E-state index is 13.2. The van der Waals surface area contributed by atoms with Gasteiger partial charge in [0.15, 0.2) is 0 Å². The van der Waals surface area contributed by atoms with E-state index in [9.17, 15) is 27.6 Å². The maximum atomic E-state index is 13.2. The summed E-state index contributed by atoms with van der Waals surface area (Å²) >= 11 is 1.16. The predicted octanol–water partition coefficient (Wildman–Crippen LogP) is 2.10. The highest BCUT2D eigenvalue weighted by Gasteiger charge is 2.43. The van der Waals surface area contributed by atoms with Crippen LogP contribution in [-0.2, 0) is 23.4 Å². The van der Waals surface area contributed by atoms with Crippen LogP contribution in [0, 0.1) is 6.92 Å². The van der Waals surface area contributed by atoms with Gasteiger partial charge in [0.05, 0.1) is 30.6 Å². The summed E-state index contributed by atoms with van der Waals surface area (Å²) in [5.74, 6) is 0. The van der Waals surface area contributed by atoms with Gasteiger partial charge in [0.2, 0.25) is 0 Å². The topological polar surface area (TPSA) is 85.6 Å². The minimum absolute atomic E-state index is 0.217. The molecule has 1 aliphatic carbocycles. The third-order valence-electron chi connectivity index (χ3n) is 5.68. The fraction of sp³-hybridized carbons (Fsp3) is 0.611. The molecule has 8 nitrogen and oxygen atoms in total. The first-order valence-corrected chi connectivity index (χ1v) is 10.4. The number of amides is 2. The summed E-state index contributed by atoms with van der Waals surface area (Å²) in [6.07, 6.45) is -3.51. The van der Waals surface area contributed by atoms with Crippen molar-refractivity contribution in [2.45, 2.75) is 51.7 Å². The van der Waals surface area contributed by atoms with Crippen LogP contribution in [0.3, 0.4) is 0 Å². The Morgan fingerprint density at radius 3 is 2.50 bits per heavy atom. The molecule has 1 saturated carbocycles. The van der Waals surface area contributed by atoms with Crippen molar-refractivity contribution in [2.24, 2.45) is 0 Å². The lowest BCUT2D eigenvalue weighted by molar-refractivity contribution is -0.325. The number of ether oxygens (including phenoxy) is 1. The van der Waals surface area contributed by atoms with Crippen molar-refractivity contribution in [3.8, 4) is 0 Å². The molecule has 12 heteroatoms. The summed E-state index contributed by atoms with van der Waals surface area (Å²) in [5, 5.41) is 3.02. The highest BCUT2D eigenvalue weighted by Crippen LogP contribution is 2.41. The smallest absolute Gasteiger partial charge is 0.336 e. The van der Waals surface area contributed by atoms with Crippen molar-refractivity contribution < 1.29 is 22.7 Å². The number of nitrogens with zero attached hydrogens (tertiary/aromatic N) is 3. The number of nitrogens with one attached hydrogen (secondary N) is 1. The van der Waals surface area contributed by atoms with Gasteiger partial charge in [-0.05, 0) is 32.3 Å². The normalized spacial score (nSPS) is 18.3. The summed E-state index contributed by atoms with van der Waals surface area (Å²) in [6, 6.07) is -0.217. The molecule has 4 rings (SSSR count). The van der Waals surface area contributed by atoms with Crippen LogP contribution in [0.1, 0.15) is 30.2 Å². The lowest BCUT2D eigenvalue weighted by Gasteiger charge is -2.17. The number of halogens is 3. The molecule has 2 aromatic heterocycles. The zero-order valence-corrected chi connectivity index (χ0v) is 17.3. The van der Waals surface area contributed by atoms with Crippen LogP contribution in [0.5, 0.6) is 0 Å². The number of thiophene rings is 1. The van der Waals surface area contributed by atoms with Crippen LogP contribution in [0.25, 0.3) is 10.2 Å². The zero-order chi connectivity index (χ0) is 21.8. The Balaban J connectivity index is 1.83. The minimum atomic E-state index is -4.81. The number of urea groups is 1. The number of carbonyl (C=O) groups is 1. The van der Waals surface area contributed by atoms with E-state index in [-0.39, 0.29) is 19.1 Å². The molecule has 164 valence electrons. The molecule has 2 aromatic rings. The van der Waals surface area contributed by atoms with Gasteiger partial charge in [-0.25, -0.2) is 9.59 Å². The number of hydrogen-bond donors (Lipinski definition) is 1. The van der Waals surface area contributed by atoms with E-state index >= 15 is 0 Å². The lowest BCUT2D eigenvalue weighted by Crippen LogP contribution is -2.45. The molecule has 2 fully saturated rings. The van der Waals surface area contributed by atoms with E-state index in [1.807, 2.05) is 0 Å². The van der Waals surface area contributed by atoms with Gasteiger partial charge >= 0.3 is 18.1 Å². The molecule has 0 radical (unpaired) electrons. The molecule has 2 aliphatic rings. The Morgan fingerprint density at radius 1 is 1.23 bits per heavy atom. The average molecular weight is 446 g/mol.